The molecule has 0 aliphatic heterocycles. The first-order chi connectivity index (χ1) is 8.97. The number of alkyl halides is 3. The van der Waals surface area contributed by atoms with E-state index >= 15 is 0 Å². The Morgan fingerprint density at radius 2 is 1.89 bits per heavy atom. The number of nitrogens with one attached hydrogen (secondary N) is 1. The van der Waals surface area contributed by atoms with Crippen LogP contribution >= 0.6 is 0 Å². The Balaban J connectivity index is 1.93. The zero-order chi connectivity index (χ0) is 13.9. The van der Waals surface area contributed by atoms with Gasteiger partial charge in [0, 0.05) is 17.9 Å². The molecule has 1 saturated carbocycles. The molecule has 1 aromatic rings. The first kappa shape index (κ1) is 14.0. The summed E-state index contributed by atoms with van der Waals surface area (Å²) in [6.45, 7) is 0.714. The highest BCUT2D eigenvalue weighted by atomic mass is 19.4. The quantitative estimate of drug-likeness (QED) is 0.803. The van der Waals surface area contributed by atoms with Gasteiger partial charge in [-0.2, -0.15) is 13.2 Å². The van der Waals surface area contributed by atoms with Crippen LogP contribution in [0.2, 0.25) is 0 Å². The first-order valence-corrected chi connectivity index (χ1v) is 6.67. The van der Waals surface area contributed by atoms with Gasteiger partial charge in [-0.25, -0.2) is 0 Å². The number of halogens is 3. The fourth-order valence-electron chi connectivity index (χ4n) is 2.63. The van der Waals surface area contributed by atoms with Gasteiger partial charge in [-0.05, 0) is 30.5 Å². The number of hydrogen-bond acceptors (Lipinski definition) is 2. The van der Waals surface area contributed by atoms with E-state index in [9.17, 15) is 13.2 Å². The lowest BCUT2D eigenvalue weighted by molar-refractivity contribution is -0.136. The van der Waals surface area contributed by atoms with Gasteiger partial charge < -0.3 is 11.1 Å². The normalized spacial score (nSPS) is 16.8. The molecule has 1 aliphatic rings. The lowest BCUT2D eigenvalue weighted by atomic mass is 10.0. The summed E-state index contributed by atoms with van der Waals surface area (Å²) in [4.78, 5) is 0. The van der Waals surface area contributed by atoms with E-state index in [1.54, 1.807) is 6.07 Å². The topological polar surface area (TPSA) is 38.0 Å². The van der Waals surface area contributed by atoms with Crippen LogP contribution in [-0.2, 0) is 6.18 Å². The maximum absolute atomic E-state index is 12.7. The minimum absolute atomic E-state index is 0.228. The number of anilines is 2. The second kappa shape index (κ2) is 5.72. The molecule has 3 N–H and O–H groups in total. The molecular formula is C14H19F3N2. The number of benzene rings is 1. The summed E-state index contributed by atoms with van der Waals surface area (Å²) in [6.07, 6.45) is 1.68. The fourth-order valence-corrected chi connectivity index (χ4v) is 2.63. The Morgan fingerprint density at radius 1 is 1.21 bits per heavy atom. The van der Waals surface area contributed by atoms with Crippen LogP contribution in [0.15, 0.2) is 18.2 Å². The summed E-state index contributed by atoms with van der Waals surface area (Å²) in [5.41, 5.74) is 4.85. The molecule has 0 heterocycles. The van der Waals surface area contributed by atoms with Gasteiger partial charge in [-0.1, -0.05) is 25.7 Å². The van der Waals surface area contributed by atoms with Crippen molar-refractivity contribution in [3.63, 3.8) is 0 Å². The molecular weight excluding hydrogens is 253 g/mol. The lowest BCUT2D eigenvalue weighted by Crippen LogP contribution is -2.11. The molecule has 5 heteroatoms. The van der Waals surface area contributed by atoms with E-state index in [0.717, 1.165) is 18.4 Å². The van der Waals surface area contributed by atoms with Gasteiger partial charge in [0.25, 0.3) is 0 Å². The Hall–Kier alpha value is -1.39. The summed E-state index contributed by atoms with van der Waals surface area (Å²) in [5.74, 6) is 0.725. The van der Waals surface area contributed by atoms with Crippen molar-refractivity contribution < 1.29 is 13.2 Å². The number of nitrogen functional groups attached to an aromatic ring is 1. The molecule has 0 radical (unpaired) electrons. The summed E-state index contributed by atoms with van der Waals surface area (Å²) in [6, 6.07) is 3.99. The molecule has 2 nitrogen and oxygen atoms in total. The molecule has 0 amide bonds. The summed E-state index contributed by atoms with van der Waals surface area (Å²) in [7, 11) is 0. The van der Waals surface area contributed by atoms with Gasteiger partial charge in [0.1, 0.15) is 0 Å². The zero-order valence-electron chi connectivity index (χ0n) is 10.8. The van der Waals surface area contributed by atoms with Crippen LogP contribution in [0.1, 0.15) is 37.7 Å². The molecule has 19 heavy (non-hydrogen) atoms. The third kappa shape index (κ3) is 3.78. The summed E-state index contributed by atoms with van der Waals surface area (Å²) < 4.78 is 38.1. The van der Waals surface area contributed by atoms with Gasteiger partial charge in [0.15, 0.2) is 0 Å². The Bertz CT molecular complexity index is 423. The zero-order valence-corrected chi connectivity index (χ0v) is 10.8. The van der Waals surface area contributed by atoms with Crippen LogP contribution < -0.4 is 11.1 Å². The van der Waals surface area contributed by atoms with Crippen LogP contribution in [0.25, 0.3) is 0 Å². The Kier molecular flexibility index (Phi) is 4.22. The number of hydrogen-bond donors (Lipinski definition) is 2. The third-order valence-electron chi connectivity index (χ3n) is 3.72. The van der Waals surface area contributed by atoms with Crippen LogP contribution in [-0.4, -0.2) is 6.54 Å². The molecule has 0 spiro atoms. The van der Waals surface area contributed by atoms with Crippen molar-refractivity contribution >= 4 is 11.4 Å². The molecule has 0 bridgehead atoms. The number of nitrogens with two attached hydrogens (primary N) is 1. The third-order valence-corrected chi connectivity index (χ3v) is 3.72. The number of rotatable bonds is 4. The largest absolute Gasteiger partial charge is 0.418 e. The standard InChI is InChI=1S/C14H19F3N2/c15-14(16,17)12-9-11(5-6-13(12)18)19-8-7-10-3-1-2-4-10/h5-6,9-10,19H,1-4,7-8,18H2. The minimum atomic E-state index is -4.40. The van der Waals surface area contributed by atoms with E-state index in [-0.39, 0.29) is 5.69 Å². The highest BCUT2D eigenvalue weighted by molar-refractivity contribution is 5.58. The average Bonchev–Trinajstić information content (AvgIpc) is 2.83. The SMILES string of the molecule is Nc1ccc(NCCC2CCCC2)cc1C(F)(F)F. The maximum atomic E-state index is 12.7. The van der Waals surface area contributed by atoms with E-state index in [2.05, 4.69) is 5.32 Å². The molecule has 1 aromatic carbocycles. The van der Waals surface area contributed by atoms with Crippen molar-refractivity contribution in [3.8, 4) is 0 Å². The molecule has 0 atom stereocenters. The van der Waals surface area contributed by atoms with Gasteiger partial charge in [-0.3, -0.25) is 0 Å². The maximum Gasteiger partial charge on any atom is 0.418 e. The molecule has 2 rings (SSSR count). The molecule has 0 aromatic heterocycles. The van der Waals surface area contributed by atoms with E-state index < -0.39 is 11.7 Å². The average molecular weight is 272 g/mol. The second-order valence-corrected chi connectivity index (χ2v) is 5.17. The molecule has 0 saturated heterocycles. The molecule has 1 fully saturated rings. The van der Waals surface area contributed by atoms with Crippen molar-refractivity contribution in [2.45, 2.75) is 38.3 Å². The highest BCUT2D eigenvalue weighted by Crippen LogP contribution is 2.35. The van der Waals surface area contributed by atoms with Crippen LogP contribution in [0.4, 0.5) is 24.5 Å². The molecule has 106 valence electrons. The molecule has 1 aliphatic carbocycles. The fraction of sp³-hybridized carbons (Fsp3) is 0.571. The van der Waals surface area contributed by atoms with E-state index in [4.69, 9.17) is 5.73 Å². The van der Waals surface area contributed by atoms with Crippen molar-refractivity contribution in [2.24, 2.45) is 5.92 Å². The Labute approximate surface area is 111 Å². The predicted molar refractivity (Wildman–Crippen MR) is 70.9 cm³/mol. The monoisotopic (exact) mass is 272 g/mol. The summed E-state index contributed by atoms with van der Waals surface area (Å²) >= 11 is 0. The van der Waals surface area contributed by atoms with Crippen molar-refractivity contribution in [1.82, 2.24) is 0 Å². The van der Waals surface area contributed by atoms with Crippen LogP contribution in [0.5, 0.6) is 0 Å². The van der Waals surface area contributed by atoms with Gasteiger partial charge >= 0.3 is 6.18 Å². The second-order valence-electron chi connectivity index (χ2n) is 5.17. The van der Waals surface area contributed by atoms with Gasteiger partial charge in [0.2, 0.25) is 0 Å². The molecule has 0 unspecified atom stereocenters. The Morgan fingerprint density at radius 3 is 2.53 bits per heavy atom. The van der Waals surface area contributed by atoms with Crippen LogP contribution in [0, 0.1) is 5.92 Å². The van der Waals surface area contributed by atoms with E-state index in [1.165, 1.54) is 31.7 Å². The first-order valence-electron chi connectivity index (χ1n) is 6.67. The van der Waals surface area contributed by atoms with Crippen LogP contribution in [0.3, 0.4) is 0 Å². The van der Waals surface area contributed by atoms with Crippen molar-refractivity contribution in [3.05, 3.63) is 23.8 Å². The predicted octanol–water partition coefficient (Wildman–Crippen LogP) is 4.28. The summed E-state index contributed by atoms with van der Waals surface area (Å²) in [5, 5.41) is 3.06. The van der Waals surface area contributed by atoms with E-state index in [0.29, 0.717) is 12.2 Å². The van der Waals surface area contributed by atoms with Crippen molar-refractivity contribution in [1.29, 1.82) is 0 Å². The minimum Gasteiger partial charge on any atom is -0.398 e. The van der Waals surface area contributed by atoms with Gasteiger partial charge in [-0.15, -0.1) is 0 Å². The van der Waals surface area contributed by atoms with Crippen molar-refractivity contribution in [2.75, 3.05) is 17.6 Å². The van der Waals surface area contributed by atoms with Gasteiger partial charge in [0.05, 0.1) is 5.56 Å². The smallest absolute Gasteiger partial charge is 0.398 e. The van der Waals surface area contributed by atoms with E-state index in [1.807, 2.05) is 0 Å². The highest BCUT2D eigenvalue weighted by Gasteiger charge is 2.33. The lowest BCUT2D eigenvalue weighted by Gasteiger charge is -2.14.